The molecule has 0 aliphatic heterocycles. The van der Waals surface area contributed by atoms with Crippen molar-refractivity contribution in [1.82, 2.24) is 0 Å². The van der Waals surface area contributed by atoms with Gasteiger partial charge in [0.2, 0.25) is 26.9 Å². The number of aryl methyl sites for hydroxylation is 24. The Morgan fingerprint density at radius 1 is 0.149 bits per heavy atom. The molecule has 0 bridgehead atoms. The summed E-state index contributed by atoms with van der Waals surface area (Å²) in [5, 5.41) is 0. The molecule has 0 aliphatic rings. The van der Waals surface area contributed by atoms with Crippen molar-refractivity contribution in [2.45, 2.75) is 166 Å². The molecule has 0 N–H and O–H groups in total. The second-order valence-electron chi connectivity index (χ2n) is 33.6. The Morgan fingerprint density at radius 3 is 0.421 bits per heavy atom. The molecule has 4 heteroatoms. The van der Waals surface area contributed by atoms with Gasteiger partial charge in [-0.05, 0) is 215 Å². The van der Waals surface area contributed by atoms with E-state index in [0.717, 1.165) is 66.4 Å². The maximum atomic E-state index is 4.03. The monoisotopic (exact) mass is 1470 g/mol. The first-order valence-electron chi connectivity index (χ1n) is 40.7. The number of hydrogen-bond acceptors (Lipinski definition) is 0. The van der Waals surface area contributed by atoms with Crippen LogP contribution >= 0.6 is 0 Å². The van der Waals surface area contributed by atoms with Crippen LogP contribution in [0.5, 0.6) is 0 Å². The van der Waals surface area contributed by atoms with Crippen molar-refractivity contribution >= 4 is 92.4 Å². The van der Waals surface area contributed by atoms with E-state index in [1.165, 1.54) is 177 Å². The summed E-state index contributed by atoms with van der Waals surface area (Å²) in [5.41, 5.74) is 52.6. The molecule has 13 aromatic rings. The van der Waals surface area contributed by atoms with Crippen molar-refractivity contribution in [3.63, 3.8) is 0 Å². The lowest BCUT2D eigenvalue weighted by Crippen LogP contribution is -2.59. The van der Waals surface area contributed by atoms with Crippen LogP contribution in [0.3, 0.4) is 0 Å². The van der Waals surface area contributed by atoms with Gasteiger partial charge in [-0.1, -0.05) is 404 Å². The third kappa shape index (κ3) is 16.9. The average Bonchev–Trinajstić information content (AvgIpc) is 0.744. The molecule has 0 aromatic heterocycles. The van der Waals surface area contributed by atoms with Crippen LogP contribution in [0.4, 0.5) is 0 Å². The molecule has 114 heavy (non-hydrogen) atoms. The molecule has 0 amide bonds. The molecule has 0 spiro atoms. The maximum absolute atomic E-state index is 4.03. The molecule has 13 aromatic carbocycles. The molecule has 558 valence electrons. The fraction of sp³-hybridized carbons (Fsp3) is 0.218. The predicted molar refractivity (Wildman–Crippen MR) is 500 cm³/mol. The van der Waals surface area contributed by atoms with Crippen LogP contribution < -0.4 is 65.6 Å². The van der Waals surface area contributed by atoms with Gasteiger partial charge in [-0.25, -0.2) is 0 Å². The van der Waals surface area contributed by atoms with E-state index in [4.69, 9.17) is 0 Å². The highest BCUT2D eigenvalue weighted by Gasteiger charge is 2.38. The second kappa shape index (κ2) is 33.6. The zero-order chi connectivity index (χ0) is 81.4. The summed E-state index contributed by atoms with van der Waals surface area (Å²) in [6, 6.07) is 77.2. The highest BCUT2D eigenvalue weighted by molar-refractivity contribution is 7.00. The van der Waals surface area contributed by atoms with Crippen LogP contribution in [-0.4, -0.2) is 26.9 Å². The van der Waals surface area contributed by atoms with Crippen molar-refractivity contribution < 1.29 is 0 Å². The van der Waals surface area contributed by atoms with Crippen molar-refractivity contribution in [2.75, 3.05) is 0 Å². The Bertz CT molecular complexity index is 5490. The largest absolute Gasteiger partial charge is 0.244 e. The third-order valence-electron chi connectivity index (χ3n) is 23.7. The lowest BCUT2D eigenvalue weighted by atomic mass is 9.31. The van der Waals surface area contributed by atoms with Gasteiger partial charge in [0, 0.05) is 44.5 Å². The fourth-order valence-electron chi connectivity index (χ4n) is 19.9. The normalized spacial score (nSPS) is 10.9. The lowest BCUT2D eigenvalue weighted by molar-refractivity contribution is 1.33. The minimum absolute atomic E-state index is 0.180. The summed E-state index contributed by atoms with van der Waals surface area (Å²) in [5.74, 6) is 31.1. The van der Waals surface area contributed by atoms with Crippen LogP contribution in [-0.2, 0) is 0 Å². The van der Waals surface area contributed by atoms with Gasteiger partial charge >= 0.3 is 0 Å². The molecular formula is C110H106B4. The molecule has 0 saturated heterocycles. The number of hydrogen-bond donors (Lipinski definition) is 0. The van der Waals surface area contributed by atoms with E-state index in [0.29, 0.717) is 0 Å². The minimum atomic E-state index is -0.193. The van der Waals surface area contributed by atoms with Crippen molar-refractivity contribution in [3.8, 4) is 47.4 Å². The Balaban J connectivity index is 1.09. The summed E-state index contributed by atoms with van der Waals surface area (Å²) in [4.78, 5) is 0. The predicted octanol–water partition coefficient (Wildman–Crippen LogP) is 16.8. The fourth-order valence-corrected chi connectivity index (χ4v) is 19.9. The van der Waals surface area contributed by atoms with E-state index in [2.05, 4.69) is 420 Å². The van der Waals surface area contributed by atoms with Gasteiger partial charge in [-0.15, -0.1) is 0 Å². The standard InChI is InChI=1S/C110H106B4/c1-67-47-75(9)103(76(10)48-67)111(104-77(11)49-68(2)50-78(104)12)99-65-97(101(63-95(99)43-39-91-31-27-25-28-32-91)113(107-83(17)55-71(5)56-84(107)18)108-85(19)57-72(6)58-86(108)20)45-41-93-35-37-94(38-36-93)42-46-98-66-100(112(105-79(13)51-69(3)52-80(105)14)106-81(15)53-70(4)54-82(106)16)96(44-40-92-33-29-26-30-34-92)64-102(98)114(109-87(21)59-73(7)60-88(109)22)110-89(23)61-74(8)62-90(110)24/h25-38,47-66H,1-24H3. The summed E-state index contributed by atoms with van der Waals surface area (Å²) in [7, 11) is 0. The van der Waals surface area contributed by atoms with E-state index in [-0.39, 0.29) is 26.9 Å². The molecular weight excluding hydrogens is 1360 g/mol. The van der Waals surface area contributed by atoms with Crippen LogP contribution in [0.2, 0.25) is 0 Å². The molecule has 0 radical (unpaired) electrons. The SMILES string of the molecule is Cc1cc(C)c(B(c2cc(C#Cc3ccc(C#Cc4cc(B(c5c(C)cc(C)cc5C)c5c(C)cc(C)cc5C)c(C#Cc5ccccc5)cc4B(c4c(C)cc(C)cc4C)c4c(C)cc(C)cc4C)cc3)c(B(c3c(C)cc(C)cc3C)c3c(C)cc(C)cc3C)cc2C#Cc2ccccc2)c2c(C)cc(C)cc2C)c(C)c1. The highest BCUT2D eigenvalue weighted by atomic mass is 14.2. The Kier molecular flexibility index (Phi) is 23.7. The Hall–Kier alpha value is -11.6. The van der Waals surface area contributed by atoms with Gasteiger partial charge in [0.1, 0.15) is 0 Å². The number of benzene rings is 13. The van der Waals surface area contributed by atoms with E-state index in [1.807, 2.05) is 0 Å². The van der Waals surface area contributed by atoms with Crippen LogP contribution in [0.1, 0.15) is 178 Å². The van der Waals surface area contributed by atoms with Crippen LogP contribution in [0, 0.1) is 214 Å². The topological polar surface area (TPSA) is 0 Å². The van der Waals surface area contributed by atoms with E-state index >= 15 is 0 Å². The Labute approximate surface area is 685 Å². The van der Waals surface area contributed by atoms with Gasteiger partial charge in [0.05, 0.1) is 0 Å². The summed E-state index contributed by atoms with van der Waals surface area (Å²) in [6.07, 6.45) is 0. The first kappa shape index (κ1) is 80.4. The molecule has 0 saturated carbocycles. The number of rotatable bonds is 12. The Morgan fingerprint density at radius 2 is 0.281 bits per heavy atom. The second-order valence-corrected chi connectivity index (χ2v) is 33.6. The molecule has 0 aliphatic carbocycles. The zero-order valence-corrected chi connectivity index (χ0v) is 71.9. The summed E-state index contributed by atoms with van der Waals surface area (Å²) in [6.45, 7) is 53.8. The quantitative estimate of drug-likeness (QED) is 0.0845. The van der Waals surface area contributed by atoms with Crippen molar-refractivity contribution in [1.29, 1.82) is 0 Å². The smallest absolute Gasteiger partial charge is 0.0628 e. The molecule has 13 rings (SSSR count). The van der Waals surface area contributed by atoms with Crippen LogP contribution in [0.15, 0.2) is 206 Å². The molecule has 0 atom stereocenters. The molecule has 0 heterocycles. The minimum Gasteiger partial charge on any atom is -0.0628 e. The summed E-state index contributed by atoms with van der Waals surface area (Å²) >= 11 is 0. The first-order valence-corrected chi connectivity index (χ1v) is 40.7. The van der Waals surface area contributed by atoms with Crippen molar-refractivity contribution in [2.24, 2.45) is 0 Å². The van der Waals surface area contributed by atoms with E-state index in [9.17, 15) is 0 Å². The van der Waals surface area contributed by atoms with Gasteiger partial charge in [-0.2, -0.15) is 0 Å². The van der Waals surface area contributed by atoms with Gasteiger partial charge in [0.25, 0.3) is 0 Å². The average molecular weight is 1470 g/mol. The van der Waals surface area contributed by atoms with Crippen molar-refractivity contribution in [3.05, 3.63) is 384 Å². The van der Waals surface area contributed by atoms with E-state index in [1.54, 1.807) is 0 Å². The van der Waals surface area contributed by atoms with Gasteiger partial charge in [0.15, 0.2) is 0 Å². The summed E-state index contributed by atoms with van der Waals surface area (Å²) < 4.78 is 0. The molecule has 0 unspecified atom stereocenters. The lowest BCUT2D eigenvalue weighted by Gasteiger charge is -2.28. The van der Waals surface area contributed by atoms with Crippen LogP contribution in [0.25, 0.3) is 0 Å². The zero-order valence-electron chi connectivity index (χ0n) is 71.9. The van der Waals surface area contributed by atoms with E-state index < -0.39 is 0 Å². The van der Waals surface area contributed by atoms with Gasteiger partial charge < -0.3 is 0 Å². The first-order chi connectivity index (χ1) is 54.4. The third-order valence-corrected chi connectivity index (χ3v) is 23.7. The molecule has 0 fully saturated rings. The van der Waals surface area contributed by atoms with Gasteiger partial charge in [-0.3, -0.25) is 0 Å². The molecule has 0 nitrogen and oxygen atoms in total. The maximum Gasteiger partial charge on any atom is 0.244 e. The highest BCUT2D eigenvalue weighted by Crippen LogP contribution is 2.23.